The average molecular weight is 497 g/mol. The predicted molar refractivity (Wildman–Crippen MR) is 141 cm³/mol. The lowest BCUT2D eigenvalue weighted by Crippen LogP contribution is -2.41. The van der Waals surface area contributed by atoms with E-state index in [2.05, 4.69) is 39.0 Å². The molecular weight excluding hydrogens is 468 g/mol. The van der Waals surface area contributed by atoms with Gasteiger partial charge in [0.05, 0.1) is 30.8 Å². The number of ether oxygens (including phenoxy) is 2. The van der Waals surface area contributed by atoms with Gasteiger partial charge in [0.1, 0.15) is 5.52 Å². The number of fused-ring (bicyclic) bond motifs is 6. The molecule has 0 aliphatic carbocycles. The van der Waals surface area contributed by atoms with Crippen LogP contribution < -0.4 is 4.90 Å². The second-order valence-corrected chi connectivity index (χ2v) is 10.3. The fraction of sp³-hybridized carbons (Fsp3) is 0.393. The van der Waals surface area contributed by atoms with Gasteiger partial charge < -0.3 is 23.8 Å². The van der Waals surface area contributed by atoms with Gasteiger partial charge in [-0.25, -0.2) is 15.0 Å². The van der Waals surface area contributed by atoms with Gasteiger partial charge >= 0.3 is 0 Å². The molecule has 3 fully saturated rings. The van der Waals surface area contributed by atoms with E-state index >= 15 is 0 Å². The molecule has 3 aliphatic heterocycles. The van der Waals surface area contributed by atoms with Crippen molar-refractivity contribution in [1.29, 1.82) is 0 Å². The summed E-state index contributed by atoms with van der Waals surface area (Å²) >= 11 is 0. The Morgan fingerprint density at radius 1 is 1.00 bits per heavy atom. The molecule has 0 spiro atoms. The van der Waals surface area contributed by atoms with Gasteiger partial charge in [-0.15, -0.1) is 0 Å². The Labute approximate surface area is 213 Å². The molecule has 1 N–H and O–H groups in total. The van der Waals surface area contributed by atoms with Gasteiger partial charge in [0.2, 0.25) is 5.71 Å². The lowest BCUT2D eigenvalue weighted by atomic mass is 10.1. The number of aromatic nitrogens is 4. The number of aromatic amines is 1. The number of pyridine rings is 1. The molecule has 0 radical (unpaired) electrons. The number of hydrogen-bond donors (Lipinski definition) is 1. The Hall–Kier alpha value is -3.53. The van der Waals surface area contributed by atoms with Gasteiger partial charge in [0.15, 0.2) is 17.2 Å². The number of nitrogens with zero attached hydrogens (tertiary/aromatic N) is 5. The third-order valence-electron chi connectivity index (χ3n) is 7.88. The van der Waals surface area contributed by atoms with Crippen molar-refractivity contribution in [3.8, 4) is 11.4 Å². The normalized spacial score (nSPS) is 22.5. The molecule has 0 saturated carbocycles. The first-order valence-corrected chi connectivity index (χ1v) is 13.1. The Morgan fingerprint density at radius 2 is 1.86 bits per heavy atom. The second kappa shape index (κ2) is 8.51. The van der Waals surface area contributed by atoms with E-state index in [1.807, 2.05) is 18.5 Å². The summed E-state index contributed by atoms with van der Waals surface area (Å²) in [4.78, 5) is 22.9. The Balaban J connectivity index is 1.27. The zero-order valence-electron chi connectivity index (χ0n) is 20.5. The largest absolute Gasteiger partial charge is 0.432 e. The van der Waals surface area contributed by atoms with Crippen molar-refractivity contribution < 1.29 is 13.9 Å². The first-order valence-electron chi connectivity index (χ1n) is 13.1. The number of morpholine rings is 2. The molecule has 3 aliphatic rings. The van der Waals surface area contributed by atoms with Crippen LogP contribution >= 0.6 is 0 Å². The topological polar surface area (TPSA) is 92.5 Å². The summed E-state index contributed by atoms with van der Waals surface area (Å²) in [6.07, 6.45) is 6.97. The molecule has 8 rings (SSSR count). The van der Waals surface area contributed by atoms with Gasteiger partial charge in [0, 0.05) is 61.6 Å². The van der Waals surface area contributed by atoms with Crippen LogP contribution in [0.25, 0.3) is 44.5 Å². The van der Waals surface area contributed by atoms with Crippen molar-refractivity contribution in [3.63, 3.8) is 0 Å². The maximum atomic E-state index is 6.33. The highest BCUT2D eigenvalue weighted by Crippen LogP contribution is 2.36. The lowest BCUT2D eigenvalue weighted by Gasteiger charge is -2.31. The molecule has 1 aromatic carbocycles. The molecular formula is C28H28N6O3. The van der Waals surface area contributed by atoms with Crippen LogP contribution in [0.4, 0.5) is 5.82 Å². The summed E-state index contributed by atoms with van der Waals surface area (Å²) < 4.78 is 18.0. The van der Waals surface area contributed by atoms with E-state index < -0.39 is 0 Å². The summed E-state index contributed by atoms with van der Waals surface area (Å²) in [7, 11) is 0. The number of likely N-dealkylation sites (tertiary alicyclic amines) is 1. The maximum absolute atomic E-state index is 6.33. The standard InChI is InChI=1S/C28H28N6O3/c1-2-21(20-6-7-29-23(20)3-1)26-31-24-22-12-17(14-33-15-18-4-5-19(16-33)36-18)13-30-28(22)37-25(24)27(32-26)34-8-10-35-11-9-34/h1-3,6-7,12-13,18-19,29H,4-5,8-11,14-16H2/t18-,19?/m0/s1. The predicted octanol–water partition coefficient (Wildman–Crippen LogP) is 4.12. The van der Waals surface area contributed by atoms with E-state index in [0.29, 0.717) is 42.5 Å². The Bertz CT molecular complexity index is 1610. The highest BCUT2D eigenvalue weighted by atomic mass is 16.5. The molecule has 7 heterocycles. The third-order valence-corrected chi connectivity index (χ3v) is 7.88. The van der Waals surface area contributed by atoms with E-state index in [1.165, 1.54) is 12.8 Å². The van der Waals surface area contributed by atoms with Crippen molar-refractivity contribution in [2.24, 2.45) is 0 Å². The minimum atomic E-state index is 0.368. The summed E-state index contributed by atoms with van der Waals surface area (Å²) in [5.41, 5.74) is 5.33. The summed E-state index contributed by atoms with van der Waals surface area (Å²) in [6.45, 7) is 5.66. The molecule has 2 atom stereocenters. The van der Waals surface area contributed by atoms with E-state index in [4.69, 9.17) is 28.8 Å². The average Bonchev–Trinajstić information content (AvgIpc) is 3.65. The summed E-state index contributed by atoms with van der Waals surface area (Å²) in [5.74, 6) is 1.50. The van der Waals surface area contributed by atoms with Crippen LogP contribution in [-0.2, 0) is 16.0 Å². The first kappa shape index (κ1) is 21.5. The van der Waals surface area contributed by atoms with Crippen molar-refractivity contribution >= 4 is 38.9 Å². The smallest absolute Gasteiger partial charge is 0.229 e. The highest BCUT2D eigenvalue weighted by Gasteiger charge is 2.33. The number of anilines is 1. The Morgan fingerprint density at radius 3 is 2.73 bits per heavy atom. The quantitative estimate of drug-likeness (QED) is 0.397. The maximum Gasteiger partial charge on any atom is 0.229 e. The number of benzene rings is 1. The van der Waals surface area contributed by atoms with Crippen LogP contribution in [-0.4, -0.2) is 76.4 Å². The zero-order valence-corrected chi connectivity index (χ0v) is 20.5. The van der Waals surface area contributed by atoms with E-state index in [9.17, 15) is 0 Å². The molecule has 2 bridgehead atoms. The second-order valence-electron chi connectivity index (χ2n) is 10.3. The number of furan rings is 1. The fourth-order valence-electron chi connectivity index (χ4n) is 6.12. The SMILES string of the molecule is c1cc(-c2nc(N3CCOCC3)c3oc4ncc(CN5CC6CC[C@@H](C5)O6)cc4c3n2)c2cc[nH]c2c1. The molecule has 9 heteroatoms. The van der Waals surface area contributed by atoms with Crippen LogP contribution in [0.2, 0.25) is 0 Å². The van der Waals surface area contributed by atoms with Gasteiger partial charge in [-0.3, -0.25) is 4.90 Å². The molecule has 5 aromatic rings. The van der Waals surface area contributed by atoms with E-state index in [1.54, 1.807) is 0 Å². The van der Waals surface area contributed by atoms with Gasteiger partial charge in [-0.05, 0) is 36.6 Å². The monoisotopic (exact) mass is 496 g/mol. The Kier molecular flexibility index (Phi) is 4.96. The van der Waals surface area contributed by atoms with Gasteiger partial charge in [0.25, 0.3) is 0 Å². The molecule has 37 heavy (non-hydrogen) atoms. The van der Waals surface area contributed by atoms with Crippen molar-refractivity contribution in [1.82, 2.24) is 24.8 Å². The van der Waals surface area contributed by atoms with Crippen LogP contribution in [0, 0.1) is 0 Å². The molecule has 1 unspecified atom stereocenters. The molecule has 188 valence electrons. The van der Waals surface area contributed by atoms with Crippen LogP contribution in [0.1, 0.15) is 18.4 Å². The third kappa shape index (κ3) is 3.68. The number of hydrogen-bond acceptors (Lipinski definition) is 8. The fourth-order valence-corrected chi connectivity index (χ4v) is 6.12. The van der Waals surface area contributed by atoms with Gasteiger partial charge in [-0.1, -0.05) is 12.1 Å². The molecule has 3 saturated heterocycles. The minimum Gasteiger partial charge on any atom is -0.432 e. The lowest BCUT2D eigenvalue weighted by molar-refractivity contribution is -0.0410. The van der Waals surface area contributed by atoms with Crippen LogP contribution in [0.3, 0.4) is 0 Å². The van der Waals surface area contributed by atoms with E-state index in [0.717, 1.165) is 71.5 Å². The zero-order chi connectivity index (χ0) is 24.3. The number of H-pyrrole nitrogens is 1. The minimum absolute atomic E-state index is 0.368. The summed E-state index contributed by atoms with van der Waals surface area (Å²) in [6, 6.07) is 10.5. The number of rotatable bonds is 4. The van der Waals surface area contributed by atoms with Crippen molar-refractivity contribution in [3.05, 3.63) is 48.3 Å². The summed E-state index contributed by atoms with van der Waals surface area (Å²) in [5, 5.41) is 2.03. The van der Waals surface area contributed by atoms with Crippen molar-refractivity contribution in [2.45, 2.75) is 31.6 Å². The molecule has 0 amide bonds. The van der Waals surface area contributed by atoms with Crippen LogP contribution in [0.5, 0.6) is 0 Å². The number of nitrogens with one attached hydrogen (secondary N) is 1. The van der Waals surface area contributed by atoms with Crippen molar-refractivity contribution in [2.75, 3.05) is 44.3 Å². The van der Waals surface area contributed by atoms with E-state index in [-0.39, 0.29) is 0 Å². The first-order chi connectivity index (χ1) is 18.3. The van der Waals surface area contributed by atoms with Gasteiger partial charge in [-0.2, -0.15) is 0 Å². The highest BCUT2D eigenvalue weighted by molar-refractivity contribution is 6.06. The van der Waals surface area contributed by atoms with Crippen LogP contribution in [0.15, 0.2) is 47.1 Å². The molecule has 9 nitrogen and oxygen atoms in total. The molecule has 4 aromatic heterocycles.